The van der Waals surface area contributed by atoms with Crippen molar-refractivity contribution in [2.75, 3.05) is 36.1 Å². The minimum Gasteiger partial charge on any atom is -0.368 e. The van der Waals surface area contributed by atoms with Crippen LogP contribution in [0.4, 0.5) is 23.0 Å². The van der Waals surface area contributed by atoms with Crippen LogP contribution < -0.4 is 10.6 Å². The number of benzene rings is 3. The Kier molecular flexibility index (Phi) is 12.0. The third kappa shape index (κ3) is 9.93. The van der Waals surface area contributed by atoms with Gasteiger partial charge in [-0.3, -0.25) is 18.2 Å². The molecule has 2 heterocycles. The zero-order valence-corrected chi connectivity index (χ0v) is 33.2. The molecule has 29 heteroatoms. The molecule has 0 amide bonds. The highest BCUT2D eigenvalue weighted by Gasteiger charge is 2.24. The first-order chi connectivity index (χ1) is 26.8. The van der Waals surface area contributed by atoms with Crippen LogP contribution in [-0.4, -0.2) is 106 Å². The van der Waals surface area contributed by atoms with Crippen molar-refractivity contribution in [2.24, 2.45) is 10.2 Å². The van der Waals surface area contributed by atoms with E-state index in [4.69, 9.17) is 4.55 Å². The quantitative estimate of drug-likeness (QED) is 0.0470. The van der Waals surface area contributed by atoms with E-state index in [2.05, 4.69) is 46.8 Å². The fourth-order valence-corrected chi connectivity index (χ4v) is 8.00. The van der Waals surface area contributed by atoms with Gasteiger partial charge < -0.3 is 10.6 Å². The highest BCUT2D eigenvalue weighted by molar-refractivity contribution is 7.94. The normalized spacial score (nSPS) is 12.9. The van der Waals surface area contributed by atoms with E-state index in [0.29, 0.717) is 6.07 Å². The molecule has 0 saturated heterocycles. The number of fused-ring (bicyclic) bond motifs is 3. The monoisotopic (exact) mass is 901 g/mol. The molecule has 0 aliphatic heterocycles. The van der Waals surface area contributed by atoms with Crippen LogP contribution >= 0.6 is 0 Å². The Hall–Kier alpha value is -5.55. The molecule has 0 saturated carbocycles. The smallest absolute Gasteiger partial charge is 0.368 e. The van der Waals surface area contributed by atoms with Crippen molar-refractivity contribution < 1.29 is 64.5 Å². The lowest BCUT2D eigenvalue weighted by Gasteiger charge is -2.15. The highest BCUT2D eigenvalue weighted by Crippen LogP contribution is 2.37. The van der Waals surface area contributed by atoms with Crippen LogP contribution in [-0.2, 0) is 54.8 Å². The van der Waals surface area contributed by atoms with Gasteiger partial charge in [0.2, 0.25) is 0 Å². The number of pyridine rings is 1. The molecule has 0 radical (unpaired) electrons. The van der Waals surface area contributed by atoms with E-state index in [9.17, 15) is 61.0 Å². The van der Waals surface area contributed by atoms with Crippen molar-refractivity contribution in [3.63, 3.8) is 0 Å². The molecular weight excluding hydrogens is 875 g/mol. The maximum atomic E-state index is 12.6. The van der Waals surface area contributed by atoms with Crippen molar-refractivity contribution in [3.05, 3.63) is 65.6 Å². The van der Waals surface area contributed by atoms with Gasteiger partial charge in [0, 0.05) is 34.8 Å². The number of nitrogens with one attached hydrogen (secondary N) is 2. The van der Waals surface area contributed by atoms with Crippen molar-refractivity contribution >= 4 is 95.4 Å². The number of nitrogens with zero attached hydrogens (tertiary/aromatic N) is 7. The third-order valence-electron chi connectivity index (χ3n) is 7.79. The molecular formula is C29H27N9O15S5. The minimum atomic E-state index is -5.13. The summed E-state index contributed by atoms with van der Waals surface area (Å²) in [5.74, 6) is -0.796. The minimum absolute atomic E-state index is 0.00278. The van der Waals surface area contributed by atoms with Crippen LogP contribution in [0, 0.1) is 18.3 Å². The Morgan fingerprint density at radius 3 is 2.10 bits per heavy atom. The number of anilines is 2. The first kappa shape index (κ1) is 43.6. The highest BCUT2D eigenvalue weighted by atomic mass is 32.3. The molecule has 0 fully saturated rings. The van der Waals surface area contributed by atoms with Crippen LogP contribution in [0.15, 0.2) is 79.4 Å². The molecule has 0 atom stereocenters. The topological polar surface area (TPSA) is 377 Å². The van der Waals surface area contributed by atoms with Crippen LogP contribution in [0.3, 0.4) is 0 Å². The molecule has 0 bridgehead atoms. The molecule has 308 valence electrons. The lowest BCUT2D eigenvalue weighted by molar-refractivity contribution is 0.278. The van der Waals surface area contributed by atoms with Crippen molar-refractivity contribution in [1.82, 2.24) is 20.0 Å². The molecule has 58 heavy (non-hydrogen) atoms. The largest absolute Gasteiger partial charge is 0.397 e. The summed E-state index contributed by atoms with van der Waals surface area (Å²) in [6, 6.07) is 8.85. The second-order valence-corrected chi connectivity index (χ2v) is 19.0. The summed E-state index contributed by atoms with van der Waals surface area (Å²) in [7, 11) is -23.7. The summed E-state index contributed by atoms with van der Waals surface area (Å²) in [5, 5.41) is 32.0. The van der Waals surface area contributed by atoms with Crippen molar-refractivity contribution in [3.8, 4) is 11.8 Å². The van der Waals surface area contributed by atoms with Gasteiger partial charge in [-0.05, 0) is 43.3 Å². The van der Waals surface area contributed by atoms with E-state index in [0.717, 1.165) is 28.4 Å². The van der Waals surface area contributed by atoms with E-state index in [1.807, 2.05) is 6.07 Å². The summed E-state index contributed by atoms with van der Waals surface area (Å²) in [6.07, 6.45) is 0. The van der Waals surface area contributed by atoms with Crippen LogP contribution in [0.1, 0.15) is 11.1 Å². The first-order valence-corrected chi connectivity index (χ1v) is 22.9. The molecule has 0 spiro atoms. The predicted molar refractivity (Wildman–Crippen MR) is 202 cm³/mol. The summed E-state index contributed by atoms with van der Waals surface area (Å²) in [5.41, 5.74) is -1.16. The van der Waals surface area contributed by atoms with E-state index in [1.54, 1.807) is 0 Å². The number of aromatic nitrogens is 4. The molecule has 5 aromatic rings. The second-order valence-electron chi connectivity index (χ2n) is 11.6. The Bertz CT molecular complexity index is 3160. The van der Waals surface area contributed by atoms with E-state index in [1.165, 1.54) is 25.1 Å². The van der Waals surface area contributed by atoms with Crippen LogP contribution in [0.2, 0.25) is 0 Å². The molecule has 24 nitrogen and oxygen atoms in total. The predicted octanol–water partition coefficient (Wildman–Crippen LogP) is 2.51. The molecule has 5 rings (SSSR count). The molecule has 0 aliphatic carbocycles. The lowest BCUT2D eigenvalue weighted by atomic mass is 10.1. The van der Waals surface area contributed by atoms with E-state index in [-0.39, 0.29) is 69.0 Å². The van der Waals surface area contributed by atoms with Gasteiger partial charge in [-0.2, -0.15) is 43.7 Å². The molecule has 3 aromatic carbocycles. The summed E-state index contributed by atoms with van der Waals surface area (Å²) < 4.78 is 162. The zero-order valence-electron chi connectivity index (χ0n) is 29.1. The first-order valence-electron chi connectivity index (χ1n) is 15.5. The molecule has 0 aliphatic rings. The maximum Gasteiger partial charge on any atom is 0.397 e. The number of azo groups is 1. The van der Waals surface area contributed by atoms with Gasteiger partial charge in [-0.15, -0.1) is 20.4 Å². The van der Waals surface area contributed by atoms with Gasteiger partial charge in [0.1, 0.15) is 44.1 Å². The summed E-state index contributed by atoms with van der Waals surface area (Å²) >= 11 is 0. The number of hydrogen-bond acceptors (Lipinski definition) is 19. The fraction of sp³-hybridized carbons (Fsp3) is 0.172. The van der Waals surface area contributed by atoms with Gasteiger partial charge in [-0.1, -0.05) is 12.6 Å². The summed E-state index contributed by atoms with van der Waals surface area (Å²) in [4.78, 5) is 2.42. The Morgan fingerprint density at radius 1 is 0.828 bits per heavy atom. The number of hydrogen-bond donors (Lipinski definition) is 6. The average molecular weight is 902 g/mol. The van der Waals surface area contributed by atoms with Crippen molar-refractivity contribution in [2.45, 2.75) is 21.6 Å². The Labute approximate surface area is 329 Å². The van der Waals surface area contributed by atoms with Gasteiger partial charge >= 0.3 is 10.4 Å². The third-order valence-corrected chi connectivity index (χ3v) is 12.1. The SMILES string of the molecule is C=CS(=O)(=O)CCNc1nc(NCCOS(=O)(=O)O)c(/N=N/c2ccc(-n3nc4ccc5c(S(=O)(=O)O)cc(S(=O)(=O)O)cc5c4n3)cc2S(=O)(=O)O)c(C)c1C#N. The number of sulfone groups is 1. The van der Waals surface area contributed by atoms with E-state index >= 15 is 0 Å². The maximum absolute atomic E-state index is 12.6. The van der Waals surface area contributed by atoms with Crippen LogP contribution in [0.25, 0.3) is 27.5 Å². The van der Waals surface area contributed by atoms with Gasteiger partial charge in [0.25, 0.3) is 30.4 Å². The van der Waals surface area contributed by atoms with Crippen LogP contribution in [0.5, 0.6) is 0 Å². The molecule has 2 aromatic heterocycles. The zero-order chi connectivity index (χ0) is 43.0. The van der Waals surface area contributed by atoms with Crippen molar-refractivity contribution in [1.29, 1.82) is 5.26 Å². The Balaban J connectivity index is 1.61. The lowest BCUT2D eigenvalue weighted by Crippen LogP contribution is -2.17. The molecule has 0 unspecified atom stereocenters. The number of rotatable bonds is 16. The van der Waals surface area contributed by atoms with Gasteiger partial charge in [-0.25, -0.2) is 17.6 Å². The van der Waals surface area contributed by atoms with E-state index < -0.39 is 83.3 Å². The van der Waals surface area contributed by atoms with Gasteiger partial charge in [0.15, 0.2) is 15.7 Å². The number of nitriles is 1. The second kappa shape index (κ2) is 16.0. The van der Waals surface area contributed by atoms with Gasteiger partial charge in [0.05, 0.1) is 28.5 Å². The fourth-order valence-electron chi connectivity index (χ4n) is 5.17. The average Bonchev–Trinajstić information content (AvgIpc) is 3.56. The Morgan fingerprint density at radius 2 is 1.50 bits per heavy atom. The summed E-state index contributed by atoms with van der Waals surface area (Å²) in [6.45, 7) is 3.36. The standard InChI is InChI=1S/C29H27N9O15S5/c1-3-54(39,40)11-9-32-28-21(15-30)16(2)26(29(33-28)31-8-10-53-58(50,51)52)35-34-22-6-4-17(12-25(22)57(47,48)49)38-36-23-7-5-19-20(27(23)37-38)13-18(55(41,42)43)14-24(19)56(44,45)46/h3-7,12-14H,1,8-11H2,2H3,(H2,31,32,33)(H,41,42,43)(H,44,45,46)(H,47,48,49)(H,50,51,52)/b35-34+. The molecule has 6 N–H and O–H groups in total.